The Morgan fingerprint density at radius 1 is 1.19 bits per heavy atom. The molecule has 0 aliphatic rings. The summed E-state index contributed by atoms with van der Waals surface area (Å²) in [5.74, 6) is 0.00505. The molecule has 0 fully saturated rings. The van der Waals surface area contributed by atoms with Crippen LogP contribution in [-0.2, 0) is 6.42 Å². The molecule has 1 unspecified atom stereocenters. The van der Waals surface area contributed by atoms with E-state index >= 15 is 0 Å². The zero-order valence-electron chi connectivity index (χ0n) is 12.5. The van der Waals surface area contributed by atoms with Gasteiger partial charge in [-0.05, 0) is 49.9 Å². The first kappa shape index (κ1) is 15.1. The van der Waals surface area contributed by atoms with Gasteiger partial charge in [0.05, 0.1) is 0 Å². The number of hydrogen-bond acceptors (Lipinski definition) is 2. The minimum atomic E-state index is -0.147. The summed E-state index contributed by atoms with van der Waals surface area (Å²) >= 11 is 0. The van der Waals surface area contributed by atoms with E-state index in [1.54, 1.807) is 19.1 Å². The quantitative estimate of drug-likeness (QED) is 0.883. The van der Waals surface area contributed by atoms with E-state index in [1.807, 2.05) is 25.1 Å². The van der Waals surface area contributed by atoms with Gasteiger partial charge in [0.2, 0.25) is 0 Å². The first-order valence-electron chi connectivity index (χ1n) is 7.20. The molecule has 0 saturated heterocycles. The van der Waals surface area contributed by atoms with Crippen LogP contribution in [0.5, 0.6) is 5.75 Å². The van der Waals surface area contributed by atoms with Crippen LogP contribution in [0, 0.1) is 6.92 Å². The summed E-state index contributed by atoms with van der Waals surface area (Å²) in [7, 11) is 0. The number of rotatable bonds is 5. The van der Waals surface area contributed by atoms with E-state index in [9.17, 15) is 9.90 Å². The van der Waals surface area contributed by atoms with E-state index in [0.29, 0.717) is 5.56 Å². The third kappa shape index (κ3) is 4.35. The molecule has 1 atom stereocenters. The molecule has 0 spiro atoms. The van der Waals surface area contributed by atoms with Crippen LogP contribution in [0.1, 0.15) is 34.8 Å². The van der Waals surface area contributed by atoms with Gasteiger partial charge in [0.15, 0.2) is 0 Å². The Morgan fingerprint density at radius 3 is 2.57 bits per heavy atom. The maximum Gasteiger partial charge on any atom is 0.251 e. The van der Waals surface area contributed by atoms with E-state index in [1.165, 1.54) is 11.6 Å². The summed E-state index contributed by atoms with van der Waals surface area (Å²) in [6.07, 6.45) is 1.81. The molecule has 0 radical (unpaired) electrons. The maximum absolute atomic E-state index is 12.1. The fourth-order valence-corrected chi connectivity index (χ4v) is 2.16. The normalized spacial score (nSPS) is 11.9. The van der Waals surface area contributed by atoms with Crippen molar-refractivity contribution in [1.82, 2.24) is 5.32 Å². The topological polar surface area (TPSA) is 49.3 Å². The Bertz CT molecular complexity index is 608. The van der Waals surface area contributed by atoms with Crippen molar-refractivity contribution >= 4 is 5.91 Å². The zero-order chi connectivity index (χ0) is 15.2. The molecule has 2 rings (SSSR count). The zero-order valence-corrected chi connectivity index (χ0v) is 12.5. The molecule has 0 heterocycles. The molecular weight excluding hydrogens is 262 g/mol. The Morgan fingerprint density at radius 2 is 1.90 bits per heavy atom. The standard InChI is InChI=1S/C18H21NO2/c1-13-8-11-16(12-17(13)20)18(21)19-14(2)9-10-15-6-4-3-5-7-15/h3-8,11-12,14,20H,9-10H2,1-2H3,(H,19,21). The minimum Gasteiger partial charge on any atom is -0.508 e. The molecule has 2 aromatic rings. The highest BCUT2D eigenvalue weighted by atomic mass is 16.3. The molecule has 21 heavy (non-hydrogen) atoms. The lowest BCUT2D eigenvalue weighted by atomic mass is 10.1. The fraction of sp³-hybridized carbons (Fsp3) is 0.278. The predicted octanol–water partition coefficient (Wildman–Crippen LogP) is 3.45. The number of nitrogens with one attached hydrogen (secondary N) is 1. The van der Waals surface area contributed by atoms with Gasteiger partial charge in [-0.1, -0.05) is 36.4 Å². The number of carbonyl (C=O) groups is 1. The van der Waals surface area contributed by atoms with Crippen LogP contribution in [0.15, 0.2) is 48.5 Å². The lowest BCUT2D eigenvalue weighted by Crippen LogP contribution is -2.32. The smallest absolute Gasteiger partial charge is 0.251 e. The molecule has 2 aromatic carbocycles. The third-order valence-electron chi connectivity index (χ3n) is 3.56. The van der Waals surface area contributed by atoms with Gasteiger partial charge in [0, 0.05) is 11.6 Å². The van der Waals surface area contributed by atoms with E-state index < -0.39 is 0 Å². The predicted molar refractivity (Wildman–Crippen MR) is 84.5 cm³/mol. The monoisotopic (exact) mass is 283 g/mol. The molecule has 0 saturated carbocycles. The van der Waals surface area contributed by atoms with E-state index in [2.05, 4.69) is 17.4 Å². The highest BCUT2D eigenvalue weighted by Crippen LogP contribution is 2.17. The minimum absolute atomic E-state index is 0.0844. The van der Waals surface area contributed by atoms with Crippen LogP contribution in [0.3, 0.4) is 0 Å². The second-order valence-corrected chi connectivity index (χ2v) is 5.40. The molecular formula is C18H21NO2. The van der Waals surface area contributed by atoms with Crippen molar-refractivity contribution in [2.75, 3.05) is 0 Å². The second-order valence-electron chi connectivity index (χ2n) is 5.40. The van der Waals surface area contributed by atoms with Crippen LogP contribution in [0.25, 0.3) is 0 Å². The number of carbonyl (C=O) groups excluding carboxylic acids is 1. The van der Waals surface area contributed by atoms with E-state index in [0.717, 1.165) is 18.4 Å². The van der Waals surface area contributed by atoms with Gasteiger partial charge >= 0.3 is 0 Å². The molecule has 1 amide bonds. The second kappa shape index (κ2) is 6.93. The lowest BCUT2D eigenvalue weighted by molar-refractivity contribution is 0.0938. The van der Waals surface area contributed by atoms with Crippen molar-refractivity contribution in [3.63, 3.8) is 0 Å². The summed E-state index contributed by atoms with van der Waals surface area (Å²) in [4.78, 5) is 12.1. The molecule has 3 heteroatoms. The molecule has 0 aliphatic carbocycles. The van der Waals surface area contributed by atoms with Gasteiger partial charge in [0.1, 0.15) is 5.75 Å². The van der Waals surface area contributed by atoms with Gasteiger partial charge in [-0.3, -0.25) is 4.79 Å². The number of amides is 1. The van der Waals surface area contributed by atoms with Gasteiger partial charge in [-0.25, -0.2) is 0 Å². The highest BCUT2D eigenvalue weighted by molar-refractivity contribution is 5.94. The van der Waals surface area contributed by atoms with Crippen molar-refractivity contribution in [1.29, 1.82) is 0 Å². The van der Waals surface area contributed by atoms with Crippen molar-refractivity contribution < 1.29 is 9.90 Å². The van der Waals surface area contributed by atoms with Crippen LogP contribution in [-0.4, -0.2) is 17.1 Å². The van der Waals surface area contributed by atoms with Crippen LogP contribution < -0.4 is 5.32 Å². The molecule has 0 bridgehead atoms. The first-order chi connectivity index (χ1) is 10.1. The van der Waals surface area contributed by atoms with E-state index in [4.69, 9.17) is 0 Å². The van der Waals surface area contributed by atoms with Gasteiger partial charge < -0.3 is 10.4 Å². The lowest BCUT2D eigenvalue weighted by Gasteiger charge is -2.14. The average molecular weight is 283 g/mol. The Kier molecular flexibility index (Phi) is 4.99. The number of phenols is 1. The van der Waals surface area contributed by atoms with E-state index in [-0.39, 0.29) is 17.7 Å². The van der Waals surface area contributed by atoms with Crippen molar-refractivity contribution in [3.8, 4) is 5.75 Å². The molecule has 110 valence electrons. The van der Waals surface area contributed by atoms with Crippen molar-refractivity contribution in [3.05, 3.63) is 65.2 Å². The van der Waals surface area contributed by atoms with Crippen molar-refractivity contribution in [2.45, 2.75) is 32.7 Å². The number of benzene rings is 2. The van der Waals surface area contributed by atoms with Crippen LogP contribution >= 0.6 is 0 Å². The SMILES string of the molecule is Cc1ccc(C(=O)NC(C)CCc2ccccc2)cc1O. The number of hydrogen-bond donors (Lipinski definition) is 2. The summed E-state index contributed by atoms with van der Waals surface area (Å²) in [6, 6.07) is 15.3. The largest absolute Gasteiger partial charge is 0.508 e. The van der Waals surface area contributed by atoms with Gasteiger partial charge in [0.25, 0.3) is 5.91 Å². The van der Waals surface area contributed by atoms with Crippen molar-refractivity contribution in [2.24, 2.45) is 0 Å². The fourth-order valence-electron chi connectivity index (χ4n) is 2.16. The summed E-state index contributed by atoms with van der Waals surface area (Å²) in [5, 5.41) is 12.6. The third-order valence-corrected chi connectivity index (χ3v) is 3.56. The molecule has 2 N–H and O–H groups in total. The Labute approximate surface area is 125 Å². The van der Waals surface area contributed by atoms with Crippen LogP contribution in [0.4, 0.5) is 0 Å². The first-order valence-corrected chi connectivity index (χ1v) is 7.20. The highest BCUT2D eigenvalue weighted by Gasteiger charge is 2.11. The average Bonchev–Trinajstić information content (AvgIpc) is 2.49. The summed E-state index contributed by atoms with van der Waals surface area (Å²) in [5.41, 5.74) is 2.53. The maximum atomic E-state index is 12.1. The Balaban J connectivity index is 1.88. The summed E-state index contributed by atoms with van der Waals surface area (Å²) in [6.45, 7) is 3.80. The van der Waals surface area contributed by atoms with Crippen LogP contribution in [0.2, 0.25) is 0 Å². The number of aryl methyl sites for hydroxylation is 2. The molecule has 3 nitrogen and oxygen atoms in total. The number of aromatic hydroxyl groups is 1. The molecule has 0 aliphatic heterocycles. The number of phenolic OH excluding ortho intramolecular Hbond substituents is 1. The summed E-state index contributed by atoms with van der Waals surface area (Å²) < 4.78 is 0. The molecule has 0 aromatic heterocycles. The Hall–Kier alpha value is -2.29. The van der Waals surface area contributed by atoms with Gasteiger partial charge in [-0.15, -0.1) is 0 Å². The van der Waals surface area contributed by atoms with Gasteiger partial charge in [-0.2, -0.15) is 0 Å².